The quantitative estimate of drug-likeness (QED) is 0.615. The summed E-state index contributed by atoms with van der Waals surface area (Å²) in [5.41, 5.74) is 1.23. The first-order valence-corrected chi connectivity index (χ1v) is 6.91. The van der Waals surface area contributed by atoms with Gasteiger partial charge in [-0.25, -0.2) is 4.99 Å². The lowest BCUT2D eigenvalue weighted by Gasteiger charge is -2.32. The van der Waals surface area contributed by atoms with Crippen molar-refractivity contribution in [2.24, 2.45) is 4.99 Å². The molecule has 0 unspecified atom stereocenters. The first-order valence-electron chi connectivity index (χ1n) is 6.91. The molecule has 0 N–H and O–H groups in total. The van der Waals surface area contributed by atoms with E-state index in [2.05, 4.69) is 9.98 Å². The summed E-state index contributed by atoms with van der Waals surface area (Å²) in [7, 11) is 0. The maximum absolute atomic E-state index is 10.4. The number of fused-ring (bicyclic) bond motifs is 1. The fourth-order valence-corrected chi connectivity index (χ4v) is 1.92. The maximum atomic E-state index is 10.4. The number of hydrogen-bond donors (Lipinski definition) is 0. The van der Waals surface area contributed by atoms with Crippen molar-refractivity contribution in [2.45, 2.75) is 39.7 Å². The fourth-order valence-electron chi connectivity index (χ4n) is 1.92. The Kier molecular flexibility index (Phi) is 6.53. The van der Waals surface area contributed by atoms with E-state index in [0.717, 1.165) is 17.0 Å². The van der Waals surface area contributed by atoms with Crippen LogP contribution in [0, 0.1) is 0 Å². The summed E-state index contributed by atoms with van der Waals surface area (Å²) in [5.74, 6) is 0.738. The van der Waals surface area contributed by atoms with Crippen molar-refractivity contribution in [1.29, 1.82) is 0 Å². The van der Waals surface area contributed by atoms with E-state index in [1.54, 1.807) is 18.5 Å². The third kappa shape index (κ3) is 5.34. The number of allylic oxidation sites excluding steroid dienone is 4. The molecule has 0 aromatic carbocycles. The third-order valence-corrected chi connectivity index (χ3v) is 2.78. The Morgan fingerprint density at radius 2 is 1.95 bits per heavy atom. The Labute approximate surface area is 126 Å². The molecule has 1 aromatic heterocycles. The summed E-state index contributed by atoms with van der Waals surface area (Å²) in [5, 5.41) is 0. The van der Waals surface area contributed by atoms with Gasteiger partial charge in [-0.1, -0.05) is 24.3 Å². The summed E-state index contributed by atoms with van der Waals surface area (Å²) in [6, 6.07) is 1.79. The highest BCUT2D eigenvalue weighted by Crippen LogP contribution is 2.32. The third-order valence-electron chi connectivity index (χ3n) is 2.78. The topological polar surface area (TPSA) is 51.5 Å². The average molecular weight is 286 g/mol. The van der Waals surface area contributed by atoms with E-state index in [1.807, 2.05) is 52.0 Å². The lowest BCUT2D eigenvalue weighted by molar-refractivity contribution is -0.106. The van der Waals surface area contributed by atoms with Crippen LogP contribution in [0.15, 0.2) is 47.8 Å². The highest BCUT2D eigenvalue weighted by atomic mass is 16.5. The minimum atomic E-state index is -0.323. The molecule has 1 aliphatic heterocycles. The van der Waals surface area contributed by atoms with Crippen molar-refractivity contribution < 1.29 is 9.53 Å². The first-order chi connectivity index (χ1) is 10.0. The highest BCUT2D eigenvalue weighted by molar-refractivity contribution is 6.06. The number of carbonyl (C=O) groups is 1. The Morgan fingerprint density at radius 3 is 2.52 bits per heavy atom. The molecule has 4 heteroatoms. The Balaban J connectivity index is 0.000000315. The summed E-state index contributed by atoms with van der Waals surface area (Å²) in [6.07, 6.45) is 12.5. The Morgan fingerprint density at radius 1 is 1.29 bits per heavy atom. The number of pyridine rings is 1. The van der Waals surface area contributed by atoms with Gasteiger partial charge in [-0.05, 0) is 33.8 Å². The van der Waals surface area contributed by atoms with Crippen LogP contribution in [0.4, 0.5) is 0 Å². The van der Waals surface area contributed by atoms with Gasteiger partial charge in [0.25, 0.3) is 0 Å². The molecule has 1 amide bonds. The zero-order chi connectivity index (χ0) is 15.7. The van der Waals surface area contributed by atoms with Crippen molar-refractivity contribution in [3.63, 3.8) is 0 Å². The van der Waals surface area contributed by atoms with Gasteiger partial charge >= 0.3 is 0 Å². The number of aliphatic imine (C=N–C) groups is 1. The van der Waals surface area contributed by atoms with Crippen molar-refractivity contribution in [3.05, 3.63) is 48.3 Å². The van der Waals surface area contributed by atoms with Gasteiger partial charge < -0.3 is 4.74 Å². The summed E-state index contributed by atoms with van der Waals surface area (Å²) < 4.78 is 5.76. The molecule has 0 saturated carbocycles. The molecule has 4 nitrogen and oxygen atoms in total. The van der Waals surface area contributed by atoms with Crippen molar-refractivity contribution >= 4 is 12.1 Å². The smallest absolute Gasteiger partial charge is 0.233 e. The van der Waals surface area contributed by atoms with Gasteiger partial charge in [0, 0.05) is 18.8 Å². The average Bonchev–Trinajstić information content (AvgIpc) is 2.45. The molecule has 1 aliphatic rings. The molecule has 0 saturated heterocycles. The highest BCUT2D eigenvalue weighted by Gasteiger charge is 2.30. The van der Waals surface area contributed by atoms with Crippen LogP contribution in [0.5, 0.6) is 5.75 Å². The first kappa shape index (κ1) is 16.8. The van der Waals surface area contributed by atoms with Crippen LogP contribution in [-0.2, 0) is 4.79 Å². The molecule has 2 rings (SSSR count). The predicted molar refractivity (Wildman–Crippen MR) is 85.8 cm³/mol. The summed E-state index contributed by atoms with van der Waals surface area (Å²) >= 11 is 0. The van der Waals surface area contributed by atoms with Crippen molar-refractivity contribution in [1.82, 2.24) is 4.98 Å². The van der Waals surface area contributed by atoms with E-state index in [0.29, 0.717) is 12.8 Å². The molecular formula is C17H22N2O2. The fraction of sp³-hybridized carbons (Fsp3) is 0.353. The lowest BCUT2D eigenvalue weighted by atomic mass is 9.93. The zero-order valence-electron chi connectivity index (χ0n) is 13.0. The van der Waals surface area contributed by atoms with Crippen LogP contribution in [0.25, 0.3) is 0 Å². The molecule has 0 radical (unpaired) electrons. The monoisotopic (exact) mass is 286 g/mol. The largest absolute Gasteiger partial charge is 0.487 e. The number of ether oxygens (including phenoxy) is 1. The van der Waals surface area contributed by atoms with Gasteiger partial charge in [-0.3, -0.25) is 9.78 Å². The van der Waals surface area contributed by atoms with E-state index in [1.165, 1.54) is 0 Å². The molecule has 0 bridgehead atoms. The van der Waals surface area contributed by atoms with Crippen molar-refractivity contribution in [3.8, 4) is 5.75 Å². The van der Waals surface area contributed by atoms with E-state index in [-0.39, 0.29) is 5.60 Å². The van der Waals surface area contributed by atoms with E-state index < -0.39 is 0 Å². The van der Waals surface area contributed by atoms with Crippen LogP contribution in [0.3, 0.4) is 0 Å². The molecule has 0 atom stereocenters. The second-order valence-corrected chi connectivity index (χ2v) is 5.14. The van der Waals surface area contributed by atoms with Crippen LogP contribution in [0.2, 0.25) is 0 Å². The van der Waals surface area contributed by atoms with E-state index >= 15 is 0 Å². The summed E-state index contributed by atoms with van der Waals surface area (Å²) in [4.78, 5) is 18.3. The molecule has 0 aliphatic carbocycles. The molecule has 112 valence electrons. The molecule has 0 spiro atoms. The zero-order valence-corrected chi connectivity index (χ0v) is 13.0. The van der Waals surface area contributed by atoms with Gasteiger partial charge in [-0.15, -0.1) is 0 Å². The number of rotatable bonds is 2. The minimum absolute atomic E-state index is 0.323. The number of amides is 1. The van der Waals surface area contributed by atoms with Crippen LogP contribution < -0.4 is 4.74 Å². The number of carbonyl (C=O) groups excluding carboxylic acids is 1. The normalized spacial score (nSPS) is 18.0. The van der Waals surface area contributed by atoms with Crippen LogP contribution in [0.1, 0.15) is 39.7 Å². The number of aromatic nitrogens is 1. The van der Waals surface area contributed by atoms with Gasteiger partial charge in [0.2, 0.25) is 6.41 Å². The van der Waals surface area contributed by atoms with E-state index in [9.17, 15) is 4.79 Å². The number of hydrogen-bond acceptors (Lipinski definition) is 3. The maximum Gasteiger partial charge on any atom is 0.233 e. The van der Waals surface area contributed by atoms with Crippen molar-refractivity contribution in [2.75, 3.05) is 0 Å². The van der Waals surface area contributed by atoms with E-state index in [4.69, 9.17) is 4.74 Å². The number of nitrogens with zero attached hydrogens (tertiary/aromatic N) is 2. The predicted octanol–water partition coefficient (Wildman–Crippen LogP) is 3.73. The standard InChI is InChI=1S/C11H12N2O2.C6H10/c1-11(2)5-9(13-7-14)8-6-12-4-3-10(8)15-11;1-3-5-6-4-2/h3-4,6-7H,5H2,1-2H3;3-6H,1-2H3/b;5-3-,6-4-. The molecular weight excluding hydrogens is 264 g/mol. The second-order valence-electron chi connectivity index (χ2n) is 5.14. The lowest BCUT2D eigenvalue weighted by Crippen LogP contribution is -2.36. The SMILES string of the molecule is C/C=C\C=C/C.CC1(C)CC(=NC=O)c2cnccc2O1. The molecule has 1 aromatic rings. The Bertz CT molecular complexity index is 548. The van der Waals surface area contributed by atoms with Gasteiger partial charge in [0.15, 0.2) is 0 Å². The van der Waals surface area contributed by atoms with Crippen LogP contribution >= 0.6 is 0 Å². The molecule has 0 fully saturated rings. The Hall–Kier alpha value is -2.23. The molecule has 21 heavy (non-hydrogen) atoms. The van der Waals surface area contributed by atoms with Gasteiger partial charge in [0.05, 0.1) is 11.3 Å². The van der Waals surface area contributed by atoms with Gasteiger partial charge in [0.1, 0.15) is 11.4 Å². The van der Waals surface area contributed by atoms with Crippen LogP contribution in [-0.4, -0.2) is 22.7 Å². The van der Waals surface area contributed by atoms with Gasteiger partial charge in [-0.2, -0.15) is 0 Å². The second kappa shape index (κ2) is 8.15. The minimum Gasteiger partial charge on any atom is -0.487 e. The molecule has 2 heterocycles. The summed E-state index contributed by atoms with van der Waals surface area (Å²) in [6.45, 7) is 7.94.